The van der Waals surface area contributed by atoms with E-state index in [0.29, 0.717) is 33.0 Å². The molecule has 0 aromatic rings. The molecule has 0 aromatic heterocycles. The first-order chi connectivity index (χ1) is 14.6. The third kappa shape index (κ3) is 2.67. The van der Waals surface area contributed by atoms with Crippen molar-refractivity contribution in [3.63, 3.8) is 0 Å². The van der Waals surface area contributed by atoms with Gasteiger partial charge in [-0.2, -0.15) is 0 Å². The highest BCUT2D eigenvalue weighted by Crippen LogP contribution is 2.76. The highest BCUT2D eigenvalue weighted by Gasteiger charge is 2.68. The third-order valence-corrected chi connectivity index (χ3v) is 13.9. The summed E-state index contributed by atoms with van der Waals surface area (Å²) in [6.07, 6.45) is 14.4. The van der Waals surface area contributed by atoms with Crippen molar-refractivity contribution in [1.29, 1.82) is 0 Å². The van der Waals surface area contributed by atoms with Crippen LogP contribution in [-0.2, 0) is 0 Å². The highest BCUT2D eigenvalue weighted by molar-refractivity contribution is 5.34. The largest absolute Gasteiger partial charge is 0.393 e. The first kappa shape index (κ1) is 23.4. The lowest BCUT2D eigenvalue weighted by atomic mass is 9.33. The van der Waals surface area contributed by atoms with E-state index < -0.39 is 0 Å². The number of aliphatic hydroxyl groups excluding tert-OH is 1. The van der Waals surface area contributed by atoms with Crippen molar-refractivity contribution in [1.82, 2.24) is 0 Å². The van der Waals surface area contributed by atoms with Crippen molar-refractivity contribution in [3.8, 4) is 0 Å². The number of aliphatic hydroxyl groups is 1. The molecule has 1 heteroatoms. The fourth-order valence-corrected chi connectivity index (χ4v) is 10.9. The summed E-state index contributed by atoms with van der Waals surface area (Å²) >= 11 is 0. The first-order valence-electron chi connectivity index (χ1n) is 14.0. The second kappa shape index (κ2) is 6.67. The van der Waals surface area contributed by atoms with Gasteiger partial charge < -0.3 is 5.11 Å². The fraction of sp³-hybridized carbons (Fsp3) is 0.935. The van der Waals surface area contributed by atoms with Gasteiger partial charge in [0.2, 0.25) is 0 Å². The maximum Gasteiger partial charge on any atom is 0.0594 e. The van der Waals surface area contributed by atoms with Crippen LogP contribution in [0.5, 0.6) is 0 Å². The Morgan fingerprint density at radius 2 is 1.44 bits per heavy atom. The maximum absolute atomic E-state index is 10.9. The summed E-state index contributed by atoms with van der Waals surface area (Å²) in [5, 5.41) is 10.9. The van der Waals surface area contributed by atoms with Crippen LogP contribution in [0.25, 0.3) is 0 Å². The van der Waals surface area contributed by atoms with Gasteiger partial charge in [-0.25, -0.2) is 0 Å². The second-order valence-corrected chi connectivity index (χ2v) is 15.6. The summed E-state index contributed by atoms with van der Waals surface area (Å²) < 4.78 is 0. The van der Waals surface area contributed by atoms with Crippen LogP contribution < -0.4 is 0 Å². The Balaban J connectivity index is 1.60. The summed E-state index contributed by atoms with van der Waals surface area (Å²) in [7, 11) is 0. The Kier molecular flexibility index (Phi) is 4.89. The van der Waals surface area contributed by atoms with Gasteiger partial charge in [0.05, 0.1) is 6.10 Å². The van der Waals surface area contributed by atoms with Crippen molar-refractivity contribution in [2.75, 3.05) is 0 Å². The Hall–Kier alpha value is -0.300. The maximum atomic E-state index is 10.9. The molecule has 0 spiro atoms. The van der Waals surface area contributed by atoms with E-state index in [2.05, 4.69) is 68.4 Å². The Bertz CT molecular complexity index is 820. The smallest absolute Gasteiger partial charge is 0.0594 e. The van der Waals surface area contributed by atoms with Crippen LogP contribution in [0.1, 0.15) is 120 Å². The quantitative estimate of drug-likeness (QED) is 0.375. The zero-order valence-electron chi connectivity index (χ0n) is 22.8. The minimum atomic E-state index is -0.129. The highest BCUT2D eigenvalue weighted by atomic mass is 16.3. The molecular weight excluding hydrogens is 388 g/mol. The normalized spacial score (nSPS) is 56.2. The van der Waals surface area contributed by atoms with Crippen LogP contribution in [-0.4, -0.2) is 11.2 Å². The zero-order chi connectivity index (χ0) is 23.5. The number of fused-ring (bicyclic) bond motifs is 7. The first-order valence-corrected chi connectivity index (χ1v) is 14.0. The molecule has 0 aliphatic heterocycles. The lowest BCUT2D eigenvalue weighted by molar-refractivity contribution is -0.204. The monoisotopic (exact) mass is 440 g/mol. The molecule has 9 unspecified atom stereocenters. The number of allylic oxidation sites excluding steroid dienone is 2. The summed E-state index contributed by atoms with van der Waals surface area (Å²) in [6, 6.07) is 0. The molecule has 5 aliphatic carbocycles. The van der Waals surface area contributed by atoms with Crippen molar-refractivity contribution in [2.45, 2.75) is 126 Å². The van der Waals surface area contributed by atoms with Crippen LogP contribution in [0.15, 0.2) is 11.6 Å². The van der Waals surface area contributed by atoms with E-state index >= 15 is 0 Å². The molecular formula is C31H52O. The lowest BCUT2D eigenvalue weighted by Crippen LogP contribution is -2.65. The standard InChI is InChI=1S/C31H52O/c1-20-25-21-10-11-23-29(7)14-13-24(32)27(4,5)22(29)12-15-31(23,9)30(21,8)19-18-28(25,6)17-16-26(20,2)3/h10,20,22-25,32H,11-19H2,1-9H3. The lowest BCUT2D eigenvalue weighted by Gasteiger charge is -2.72. The van der Waals surface area contributed by atoms with Gasteiger partial charge in [0.15, 0.2) is 0 Å². The molecule has 0 amide bonds. The molecule has 32 heavy (non-hydrogen) atoms. The van der Waals surface area contributed by atoms with E-state index in [1.807, 2.05) is 5.57 Å². The number of hydrogen-bond donors (Lipinski definition) is 1. The van der Waals surface area contributed by atoms with E-state index in [-0.39, 0.29) is 11.5 Å². The van der Waals surface area contributed by atoms with Gasteiger partial charge >= 0.3 is 0 Å². The molecule has 4 saturated carbocycles. The van der Waals surface area contributed by atoms with Crippen molar-refractivity contribution < 1.29 is 5.11 Å². The van der Waals surface area contributed by atoms with Gasteiger partial charge in [0.25, 0.3) is 0 Å². The predicted molar refractivity (Wildman–Crippen MR) is 135 cm³/mol. The zero-order valence-corrected chi connectivity index (χ0v) is 22.8. The Labute approximate surface area is 199 Å². The van der Waals surface area contributed by atoms with Crippen LogP contribution in [0, 0.1) is 56.2 Å². The molecule has 5 rings (SSSR count). The Morgan fingerprint density at radius 1 is 0.781 bits per heavy atom. The van der Waals surface area contributed by atoms with Gasteiger partial charge in [-0.05, 0) is 114 Å². The minimum Gasteiger partial charge on any atom is -0.393 e. The summed E-state index contributed by atoms with van der Waals surface area (Å²) in [6.45, 7) is 23.1. The molecule has 1 nitrogen and oxygen atoms in total. The number of rotatable bonds is 0. The molecule has 5 aliphatic rings. The molecule has 4 fully saturated rings. The Morgan fingerprint density at radius 3 is 2.12 bits per heavy atom. The van der Waals surface area contributed by atoms with E-state index in [4.69, 9.17) is 0 Å². The van der Waals surface area contributed by atoms with Gasteiger partial charge in [-0.1, -0.05) is 74.0 Å². The van der Waals surface area contributed by atoms with Crippen LogP contribution in [0.4, 0.5) is 0 Å². The van der Waals surface area contributed by atoms with E-state index in [0.717, 1.165) is 24.2 Å². The van der Waals surface area contributed by atoms with Crippen molar-refractivity contribution in [2.24, 2.45) is 56.2 Å². The summed E-state index contributed by atoms with van der Waals surface area (Å²) in [4.78, 5) is 0. The molecule has 0 bridgehead atoms. The van der Waals surface area contributed by atoms with E-state index in [1.54, 1.807) is 0 Å². The SMILES string of the molecule is CC1C2C3=CCC4C5(C)CCC(O)C(C)(C)C5CCC4(C)C3(C)CCC2(C)CCC1(C)C. The van der Waals surface area contributed by atoms with E-state index in [1.165, 1.54) is 51.4 Å². The summed E-state index contributed by atoms with van der Waals surface area (Å²) in [5.74, 6) is 2.93. The predicted octanol–water partition coefficient (Wildman–Crippen LogP) is 8.41. The average molecular weight is 441 g/mol. The third-order valence-electron chi connectivity index (χ3n) is 13.9. The molecule has 0 saturated heterocycles. The molecule has 9 atom stereocenters. The minimum absolute atomic E-state index is 0.0479. The van der Waals surface area contributed by atoms with Crippen LogP contribution in [0.2, 0.25) is 0 Å². The van der Waals surface area contributed by atoms with Gasteiger partial charge in [-0.15, -0.1) is 0 Å². The molecule has 0 heterocycles. The van der Waals surface area contributed by atoms with Gasteiger partial charge in [-0.3, -0.25) is 0 Å². The summed E-state index contributed by atoms with van der Waals surface area (Å²) in [5.41, 5.74) is 3.97. The number of hydrogen-bond acceptors (Lipinski definition) is 1. The fourth-order valence-electron chi connectivity index (χ4n) is 10.9. The van der Waals surface area contributed by atoms with Crippen molar-refractivity contribution in [3.05, 3.63) is 11.6 Å². The molecule has 182 valence electrons. The van der Waals surface area contributed by atoms with Gasteiger partial charge in [0, 0.05) is 0 Å². The molecule has 0 aromatic carbocycles. The topological polar surface area (TPSA) is 20.2 Å². The molecule has 1 N–H and O–H groups in total. The van der Waals surface area contributed by atoms with Gasteiger partial charge in [0.1, 0.15) is 0 Å². The second-order valence-electron chi connectivity index (χ2n) is 15.6. The van der Waals surface area contributed by atoms with Crippen LogP contribution >= 0.6 is 0 Å². The molecule has 0 radical (unpaired) electrons. The van der Waals surface area contributed by atoms with Crippen molar-refractivity contribution >= 4 is 0 Å². The van der Waals surface area contributed by atoms with Crippen LogP contribution in [0.3, 0.4) is 0 Å². The van der Waals surface area contributed by atoms with E-state index in [9.17, 15) is 5.11 Å². The average Bonchev–Trinajstić information content (AvgIpc) is 2.70.